The molecule has 0 aliphatic carbocycles. The number of carbonyl (C=O) groups is 1. The summed E-state index contributed by atoms with van der Waals surface area (Å²) in [6.45, 7) is 3.88. The van der Waals surface area contributed by atoms with Crippen molar-refractivity contribution in [3.63, 3.8) is 0 Å². The number of rotatable bonds is 3. The van der Waals surface area contributed by atoms with Crippen molar-refractivity contribution in [1.82, 2.24) is 4.90 Å². The zero-order valence-electron chi connectivity index (χ0n) is 15.3. The van der Waals surface area contributed by atoms with E-state index in [-0.39, 0.29) is 17.7 Å². The summed E-state index contributed by atoms with van der Waals surface area (Å²) in [7, 11) is 1.63. The van der Waals surface area contributed by atoms with Crippen LogP contribution in [-0.2, 0) is 0 Å². The fourth-order valence-corrected chi connectivity index (χ4v) is 3.08. The van der Waals surface area contributed by atoms with Gasteiger partial charge in [0.05, 0.1) is 13.2 Å². The summed E-state index contributed by atoms with van der Waals surface area (Å²) in [6.07, 6.45) is 1.85. The van der Waals surface area contributed by atoms with Crippen LogP contribution in [0, 0.1) is 11.8 Å². The summed E-state index contributed by atoms with van der Waals surface area (Å²) in [6, 6.07) is 11.1. The van der Waals surface area contributed by atoms with Crippen LogP contribution in [0.5, 0.6) is 5.75 Å². The molecule has 1 aliphatic rings. The molecule has 0 bridgehead atoms. The van der Waals surface area contributed by atoms with E-state index in [9.17, 15) is 9.90 Å². The molecule has 1 fully saturated rings. The molecule has 2 aromatic rings. The van der Waals surface area contributed by atoms with Crippen LogP contribution in [0.2, 0.25) is 0 Å². The van der Waals surface area contributed by atoms with Gasteiger partial charge in [0.2, 0.25) is 0 Å². The number of hydrogen-bond acceptors (Lipinski definition) is 4. The van der Waals surface area contributed by atoms with Gasteiger partial charge in [-0.1, -0.05) is 18.1 Å². The first-order valence-electron chi connectivity index (χ1n) is 8.68. The van der Waals surface area contributed by atoms with E-state index >= 15 is 0 Å². The molecule has 1 aromatic carbocycles. The third-order valence-electron chi connectivity index (χ3n) is 4.30. The Balaban J connectivity index is 1.80. The lowest BCUT2D eigenvalue weighted by molar-refractivity contribution is 0.0702. The molecule has 1 saturated heterocycles. The monoisotopic (exact) mass is 353 g/mol. The van der Waals surface area contributed by atoms with Crippen LogP contribution in [0.4, 0.5) is 0 Å². The number of hydrogen-bond donors (Lipinski definition) is 1. The van der Waals surface area contributed by atoms with Crippen LogP contribution >= 0.6 is 0 Å². The van der Waals surface area contributed by atoms with Gasteiger partial charge in [-0.05, 0) is 62.4 Å². The Morgan fingerprint density at radius 1 is 1.35 bits per heavy atom. The maximum absolute atomic E-state index is 12.9. The Morgan fingerprint density at radius 3 is 2.88 bits per heavy atom. The van der Waals surface area contributed by atoms with Gasteiger partial charge >= 0.3 is 0 Å². The Kier molecular flexibility index (Phi) is 5.06. The number of furan rings is 1. The van der Waals surface area contributed by atoms with Crippen molar-refractivity contribution in [3.8, 4) is 17.6 Å². The van der Waals surface area contributed by atoms with Gasteiger partial charge < -0.3 is 19.2 Å². The van der Waals surface area contributed by atoms with Crippen molar-refractivity contribution in [3.05, 3.63) is 53.5 Å². The predicted octanol–water partition coefficient (Wildman–Crippen LogP) is 3.39. The van der Waals surface area contributed by atoms with Crippen LogP contribution in [0.15, 0.2) is 40.8 Å². The normalized spacial score (nSPS) is 16.9. The number of methoxy groups -OCH3 is 1. The first kappa shape index (κ1) is 18.1. The Labute approximate surface area is 153 Å². The number of aliphatic hydroxyl groups is 1. The topological polar surface area (TPSA) is 62.9 Å². The predicted molar refractivity (Wildman–Crippen MR) is 97.9 cm³/mol. The lowest BCUT2D eigenvalue weighted by Crippen LogP contribution is -2.30. The minimum absolute atomic E-state index is 0.00797. The van der Waals surface area contributed by atoms with E-state index in [1.165, 1.54) is 0 Å². The molecule has 1 N–H and O–H groups in total. The lowest BCUT2D eigenvalue weighted by Gasteiger charge is -2.24. The molecule has 0 spiro atoms. The summed E-state index contributed by atoms with van der Waals surface area (Å²) in [5, 5.41) is 9.67. The molecule has 26 heavy (non-hydrogen) atoms. The minimum atomic E-state index is -1.11. The number of benzene rings is 1. The summed E-state index contributed by atoms with van der Waals surface area (Å²) < 4.78 is 10.9. The number of likely N-dealkylation sites (tertiary alicyclic amines) is 1. The molecular formula is C21H23NO4. The zero-order valence-corrected chi connectivity index (χ0v) is 15.3. The second-order valence-corrected chi connectivity index (χ2v) is 6.91. The standard InChI is InChI=1S/C21H23NO4/c1-21(2,24)12-11-16-9-10-19(26-16)20(23)22-13-5-8-18(22)15-6-4-7-17(14-15)25-3/h4,6-7,9-10,14,18,24H,5,8,13H2,1-3H3. The molecule has 1 aromatic heterocycles. The van der Waals surface area contributed by atoms with Crippen molar-refractivity contribution in [2.75, 3.05) is 13.7 Å². The Bertz CT molecular complexity index is 851. The average molecular weight is 353 g/mol. The number of carbonyl (C=O) groups excluding carboxylic acids is 1. The van der Waals surface area contributed by atoms with E-state index in [4.69, 9.17) is 9.15 Å². The van der Waals surface area contributed by atoms with Gasteiger partial charge in [-0.3, -0.25) is 4.79 Å². The van der Waals surface area contributed by atoms with Crippen LogP contribution in [0.1, 0.15) is 54.6 Å². The highest BCUT2D eigenvalue weighted by atomic mass is 16.5. The Morgan fingerprint density at radius 2 is 2.15 bits per heavy atom. The highest BCUT2D eigenvalue weighted by Gasteiger charge is 2.32. The maximum Gasteiger partial charge on any atom is 0.290 e. The first-order chi connectivity index (χ1) is 12.4. The minimum Gasteiger partial charge on any atom is -0.497 e. The summed E-state index contributed by atoms with van der Waals surface area (Å²) in [4.78, 5) is 14.7. The zero-order chi connectivity index (χ0) is 18.7. The van der Waals surface area contributed by atoms with Crippen molar-refractivity contribution in [1.29, 1.82) is 0 Å². The van der Waals surface area contributed by atoms with Crippen molar-refractivity contribution in [2.24, 2.45) is 0 Å². The van der Waals surface area contributed by atoms with Gasteiger partial charge in [-0.2, -0.15) is 0 Å². The van der Waals surface area contributed by atoms with E-state index in [0.717, 1.165) is 24.2 Å². The molecule has 1 atom stereocenters. The highest BCUT2D eigenvalue weighted by Crippen LogP contribution is 2.34. The third kappa shape index (κ3) is 4.09. The van der Waals surface area contributed by atoms with Gasteiger partial charge in [0.25, 0.3) is 5.91 Å². The lowest BCUT2D eigenvalue weighted by atomic mass is 10.0. The molecular weight excluding hydrogens is 330 g/mol. The van der Waals surface area contributed by atoms with Gasteiger partial charge in [0.15, 0.2) is 11.5 Å². The number of amides is 1. The molecule has 1 amide bonds. The molecule has 1 unspecified atom stereocenters. The average Bonchev–Trinajstić information content (AvgIpc) is 3.28. The summed E-state index contributed by atoms with van der Waals surface area (Å²) in [5.74, 6) is 6.70. The highest BCUT2D eigenvalue weighted by molar-refractivity contribution is 5.92. The molecule has 3 rings (SSSR count). The van der Waals surface area contributed by atoms with Crippen LogP contribution in [0.25, 0.3) is 0 Å². The largest absolute Gasteiger partial charge is 0.497 e. The fourth-order valence-electron chi connectivity index (χ4n) is 3.08. The molecule has 136 valence electrons. The number of nitrogens with zero attached hydrogens (tertiary/aromatic N) is 1. The fraction of sp³-hybridized carbons (Fsp3) is 0.381. The smallest absolute Gasteiger partial charge is 0.290 e. The second kappa shape index (κ2) is 7.27. The van der Waals surface area contributed by atoms with E-state index < -0.39 is 5.60 Å². The van der Waals surface area contributed by atoms with E-state index in [2.05, 4.69) is 11.8 Å². The van der Waals surface area contributed by atoms with Gasteiger partial charge in [-0.15, -0.1) is 0 Å². The molecule has 1 aliphatic heterocycles. The maximum atomic E-state index is 12.9. The first-order valence-corrected chi connectivity index (χ1v) is 8.68. The number of ether oxygens (including phenoxy) is 1. The molecule has 0 radical (unpaired) electrons. The van der Waals surface area contributed by atoms with Crippen LogP contribution in [-0.4, -0.2) is 35.2 Å². The SMILES string of the molecule is COc1cccc(C2CCCN2C(=O)c2ccc(C#CC(C)(C)O)o2)c1. The van der Waals surface area contributed by atoms with Crippen molar-refractivity contribution in [2.45, 2.75) is 38.3 Å². The van der Waals surface area contributed by atoms with E-state index in [0.29, 0.717) is 12.3 Å². The molecule has 5 heteroatoms. The Hall–Kier alpha value is -2.71. The van der Waals surface area contributed by atoms with Crippen molar-refractivity contribution >= 4 is 5.91 Å². The van der Waals surface area contributed by atoms with E-state index in [1.807, 2.05) is 29.2 Å². The molecule has 5 nitrogen and oxygen atoms in total. The summed E-state index contributed by atoms with van der Waals surface area (Å²) >= 11 is 0. The van der Waals surface area contributed by atoms with Gasteiger partial charge in [0, 0.05) is 6.54 Å². The quantitative estimate of drug-likeness (QED) is 0.859. The van der Waals surface area contributed by atoms with Gasteiger partial charge in [-0.25, -0.2) is 0 Å². The third-order valence-corrected chi connectivity index (χ3v) is 4.30. The summed E-state index contributed by atoms with van der Waals surface area (Å²) in [5.41, 5.74) is -0.0487. The molecule has 0 saturated carbocycles. The molecule has 2 heterocycles. The van der Waals surface area contributed by atoms with Gasteiger partial charge in [0.1, 0.15) is 11.4 Å². The second-order valence-electron chi connectivity index (χ2n) is 6.91. The van der Waals surface area contributed by atoms with E-state index in [1.54, 1.807) is 33.1 Å². The van der Waals surface area contributed by atoms with Crippen molar-refractivity contribution < 1.29 is 19.1 Å². The van der Waals surface area contributed by atoms with Crippen LogP contribution in [0.3, 0.4) is 0 Å². The van der Waals surface area contributed by atoms with Crippen LogP contribution < -0.4 is 4.74 Å².